The third kappa shape index (κ3) is 9.08. The Morgan fingerprint density at radius 3 is 1.59 bits per heavy atom. The zero-order chi connectivity index (χ0) is 20.7. The average Bonchev–Trinajstić information content (AvgIpc) is 3.28. The Balaban J connectivity index is 0.000000202. The Hall–Kier alpha value is -1.11. The van der Waals surface area contributed by atoms with E-state index in [1.165, 1.54) is 14.8 Å². The van der Waals surface area contributed by atoms with Crippen molar-refractivity contribution in [3.63, 3.8) is 0 Å². The molecular weight excluding hydrogens is 390 g/mol. The smallest absolute Gasteiger partial charge is 0.0978 e. The van der Waals surface area contributed by atoms with Gasteiger partial charge in [0.25, 0.3) is 0 Å². The summed E-state index contributed by atoms with van der Waals surface area (Å²) in [6.45, 7) is 19.7. The van der Waals surface area contributed by atoms with Crippen LogP contribution < -0.4 is 0 Å². The summed E-state index contributed by atoms with van der Waals surface area (Å²) in [5.74, 6) is 0. The molecule has 0 N–H and O–H groups in total. The molecule has 0 bridgehead atoms. The van der Waals surface area contributed by atoms with Crippen molar-refractivity contribution in [3.8, 4) is 0 Å². The number of aromatic nitrogens is 3. The van der Waals surface area contributed by atoms with Crippen LogP contribution in [0.1, 0.15) is 77.1 Å². The molecule has 0 amide bonds. The molecule has 150 valence electrons. The summed E-state index contributed by atoms with van der Waals surface area (Å²) in [5.41, 5.74) is 2.66. The van der Waals surface area contributed by atoms with Gasteiger partial charge >= 0.3 is 0 Å². The zero-order valence-corrected chi connectivity index (χ0v) is 20.5. The van der Waals surface area contributed by atoms with E-state index in [0.717, 1.165) is 0 Å². The Morgan fingerprint density at radius 2 is 1.37 bits per heavy atom. The molecule has 0 radical (unpaired) electrons. The summed E-state index contributed by atoms with van der Waals surface area (Å²) in [4.78, 5) is 10.9. The van der Waals surface area contributed by atoms with Crippen molar-refractivity contribution in [2.24, 2.45) is 0 Å². The Kier molecular flexibility index (Phi) is 8.77. The fourth-order valence-electron chi connectivity index (χ4n) is 1.78. The highest BCUT2D eigenvalue weighted by atomic mass is 32.1. The fourth-order valence-corrected chi connectivity index (χ4v) is 3.85. The van der Waals surface area contributed by atoms with Crippen molar-refractivity contribution < 1.29 is 0 Å². The van der Waals surface area contributed by atoms with E-state index >= 15 is 0 Å². The lowest BCUT2D eigenvalue weighted by atomic mass is 9.95. The normalized spacial score (nSPS) is 11.9. The van der Waals surface area contributed by atoms with Crippen LogP contribution >= 0.6 is 34.2 Å². The molecule has 27 heavy (non-hydrogen) atoms. The maximum atomic E-state index is 4.21. The molecule has 3 nitrogen and oxygen atoms in total. The summed E-state index contributed by atoms with van der Waals surface area (Å²) in [7, 11) is 0. The molecule has 0 aliphatic carbocycles. The highest BCUT2D eigenvalue weighted by molar-refractivity contribution is 7.10. The minimum atomic E-state index is 0.230. The van der Waals surface area contributed by atoms with E-state index in [1.54, 1.807) is 34.2 Å². The van der Waals surface area contributed by atoms with Crippen molar-refractivity contribution in [3.05, 3.63) is 50.3 Å². The van der Waals surface area contributed by atoms with Crippen molar-refractivity contribution >= 4 is 34.2 Å². The lowest BCUT2D eigenvalue weighted by Gasteiger charge is -2.13. The number of hydrogen-bond acceptors (Lipinski definition) is 6. The minimum absolute atomic E-state index is 0.230. The van der Waals surface area contributed by atoms with Gasteiger partial charge in [0.05, 0.1) is 10.5 Å². The molecule has 0 aliphatic rings. The molecule has 0 unspecified atom stereocenters. The lowest BCUT2D eigenvalue weighted by molar-refractivity contribution is 0.585. The van der Waals surface area contributed by atoms with Crippen LogP contribution in [0.5, 0.6) is 0 Å². The van der Waals surface area contributed by atoms with E-state index in [0.29, 0.717) is 0 Å². The highest BCUT2D eigenvalue weighted by Crippen LogP contribution is 2.25. The van der Waals surface area contributed by atoms with Crippen LogP contribution in [-0.2, 0) is 16.2 Å². The molecule has 0 atom stereocenters. The molecule has 0 fully saturated rings. The van der Waals surface area contributed by atoms with Gasteiger partial charge in [0.2, 0.25) is 0 Å². The first-order valence-corrected chi connectivity index (χ1v) is 11.5. The van der Waals surface area contributed by atoms with E-state index in [4.69, 9.17) is 0 Å². The topological polar surface area (TPSA) is 38.7 Å². The van der Waals surface area contributed by atoms with Gasteiger partial charge in [0.15, 0.2) is 0 Å². The summed E-state index contributed by atoms with van der Waals surface area (Å²) < 4.78 is 4.03. The largest absolute Gasteiger partial charge is 0.253 e. The van der Waals surface area contributed by atoms with Gasteiger partial charge in [-0.15, -0.1) is 22.7 Å². The predicted molar refractivity (Wildman–Crippen MR) is 122 cm³/mol. The number of nitrogens with zero attached hydrogens (tertiary/aromatic N) is 3. The monoisotopic (exact) mass is 423 g/mol. The maximum absolute atomic E-state index is 4.21. The zero-order valence-electron chi connectivity index (χ0n) is 18.0. The number of thiazole rings is 2. The molecule has 6 heteroatoms. The molecule has 3 aromatic heterocycles. The molecule has 3 rings (SSSR count). The minimum Gasteiger partial charge on any atom is -0.253 e. The first-order valence-electron chi connectivity index (χ1n) is 9.02. The van der Waals surface area contributed by atoms with Gasteiger partial charge in [0, 0.05) is 39.1 Å². The SMILES string of the molecule is CC(C)(C)c1ccns1.CC(C)(C)c1cncs1.CC(C)(C)c1nccs1. The Bertz CT molecular complexity index is 619. The molecule has 3 heterocycles. The summed E-state index contributed by atoms with van der Waals surface area (Å²) >= 11 is 5.02. The second kappa shape index (κ2) is 9.89. The van der Waals surface area contributed by atoms with Gasteiger partial charge in [-0.3, -0.25) is 4.98 Å². The maximum Gasteiger partial charge on any atom is 0.0978 e. The van der Waals surface area contributed by atoms with Gasteiger partial charge < -0.3 is 0 Å². The molecule has 0 spiro atoms. The standard InChI is InChI=1S/3C7H11NS/c1-7(2,3)6-4-8-5-9-6;1-7(2,3)6-8-4-5-9-6;1-7(2,3)6-4-5-8-9-6/h3*4-5H,1-3H3. The Labute approximate surface area is 177 Å². The van der Waals surface area contributed by atoms with E-state index in [1.807, 2.05) is 29.5 Å². The summed E-state index contributed by atoms with van der Waals surface area (Å²) in [6, 6.07) is 2.07. The highest BCUT2D eigenvalue weighted by Gasteiger charge is 2.15. The van der Waals surface area contributed by atoms with Crippen molar-refractivity contribution in [2.45, 2.75) is 78.6 Å². The third-order valence-corrected chi connectivity index (χ3v) is 6.99. The molecule has 0 aromatic carbocycles. The summed E-state index contributed by atoms with van der Waals surface area (Å²) in [6.07, 6.45) is 5.64. The van der Waals surface area contributed by atoms with Crippen LogP contribution in [0.25, 0.3) is 0 Å². The van der Waals surface area contributed by atoms with E-state index < -0.39 is 0 Å². The molecule has 0 aliphatic heterocycles. The van der Waals surface area contributed by atoms with Gasteiger partial charge in [-0.05, 0) is 28.4 Å². The van der Waals surface area contributed by atoms with Crippen LogP contribution in [0, 0.1) is 0 Å². The first kappa shape index (κ1) is 23.9. The van der Waals surface area contributed by atoms with Gasteiger partial charge in [-0.1, -0.05) is 62.3 Å². The van der Waals surface area contributed by atoms with Crippen molar-refractivity contribution in [1.82, 2.24) is 14.3 Å². The van der Waals surface area contributed by atoms with Gasteiger partial charge in [0.1, 0.15) is 0 Å². The second-order valence-corrected chi connectivity index (χ2v) is 11.9. The van der Waals surface area contributed by atoms with Gasteiger partial charge in [-0.25, -0.2) is 9.36 Å². The fraction of sp³-hybridized carbons (Fsp3) is 0.571. The van der Waals surface area contributed by atoms with E-state index in [2.05, 4.69) is 82.7 Å². The summed E-state index contributed by atoms with van der Waals surface area (Å²) in [5, 5.41) is 3.23. The van der Waals surface area contributed by atoms with Crippen LogP contribution in [0.4, 0.5) is 0 Å². The molecule has 0 saturated carbocycles. The molecular formula is C21H33N3S3. The average molecular weight is 424 g/mol. The quantitative estimate of drug-likeness (QED) is 0.380. The molecule has 3 aromatic rings. The van der Waals surface area contributed by atoms with Crippen molar-refractivity contribution in [2.75, 3.05) is 0 Å². The van der Waals surface area contributed by atoms with E-state index in [9.17, 15) is 0 Å². The van der Waals surface area contributed by atoms with Crippen LogP contribution in [0.2, 0.25) is 0 Å². The Morgan fingerprint density at radius 1 is 0.741 bits per heavy atom. The van der Waals surface area contributed by atoms with Crippen LogP contribution in [0.3, 0.4) is 0 Å². The van der Waals surface area contributed by atoms with Crippen LogP contribution in [-0.4, -0.2) is 14.3 Å². The number of rotatable bonds is 0. The van der Waals surface area contributed by atoms with Crippen LogP contribution in [0.15, 0.2) is 35.5 Å². The molecule has 0 saturated heterocycles. The lowest BCUT2D eigenvalue weighted by Crippen LogP contribution is -2.09. The predicted octanol–water partition coefficient (Wildman–Crippen LogP) is 7.32. The number of hydrogen-bond donors (Lipinski definition) is 0. The van der Waals surface area contributed by atoms with Gasteiger partial charge in [-0.2, -0.15) is 0 Å². The van der Waals surface area contributed by atoms with E-state index in [-0.39, 0.29) is 16.2 Å². The third-order valence-electron chi connectivity index (χ3n) is 3.42. The second-order valence-electron chi connectivity index (χ2n) is 9.33. The van der Waals surface area contributed by atoms with Crippen molar-refractivity contribution in [1.29, 1.82) is 0 Å². The first-order chi connectivity index (χ1) is 12.3.